The van der Waals surface area contributed by atoms with Crippen LogP contribution in [0.1, 0.15) is 0 Å². The van der Waals surface area contributed by atoms with Crippen molar-refractivity contribution >= 4 is 11.4 Å². The SMILES string of the molecule is O=S(OCCF)OC(F)F. The van der Waals surface area contributed by atoms with Crippen molar-refractivity contribution in [3.63, 3.8) is 0 Å². The van der Waals surface area contributed by atoms with Crippen molar-refractivity contribution in [1.82, 2.24) is 0 Å². The Morgan fingerprint density at radius 2 is 2.10 bits per heavy atom. The van der Waals surface area contributed by atoms with Crippen LogP contribution in [0.15, 0.2) is 0 Å². The van der Waals surface area contributed by atoms with Gasteiger partial charge in [-0.1, -0.05) is 0 Å². The van der Waals surface area contributed by atoms with Crippen molar-refractivity contribution in [3.8, 4) is 0 Å². The molecule has 0 aliphatic heterocycles. The third-order valence-corrected chi connectivity index (χ3v) is 1.07. The summed E-state index contributed by atoms with van der Waals surface area (Å²) in [5.74, 6) is 0. The van der Waals surface area contributed by atoms with Crippen molar-refractivity contribution < 1.29 is 25.7 Å². The molecule has 0 spiro atoms. The Morgan fingerprint density at radius 3 is 2.50 bits per heavy atom. The fourth-order valence-electron chi connectivity index (χ4n) is 0.187. The highest BCUT2D eigenvalue weighted by atomic mass is 32.2. The molecule has 0 fully saturated rings. The van der Waals surface area contributed by atoms with Gasteiger partial charge in [0.15, 0.2) is 0 Å². The normalized spacial score (nSPS) is 14.0. The first-order chi connectivity index (χ1) is 4.66. The van der Waals surface area contributed by atoms with Crippen molar-refractivity contribution in [2.45, 2.75) is 6.61 Å². The standard InChI is InChI=1S/C3H5F3O3S/c4-1-2-8-10(7)9-3(5)6/h3H,1-2H2. The van der Waals surface area contributed by atoms with Crippen LogP contribution in [0, 0.1) is 0 Å². The van der Waals surface area contributed by atoms with Crippen molar-refractivity contribution in [2.75, 3.05) is 13.3 Å². The highest BCUT2D eigenvalue weighted by Crippen LogP contribution is 1.99. The van der Waals surface area contributed by atoms with Crippen LogP contribution in [-0.4, -0.2) is 24.1 Å². The predicted octanol–water partition coefficient (Wildman–Crippen LogP) is 0.790. The topological polar surface area (TPSA) is 35.5 Å². The molecule has 0 aromatic rings. The molecule has 0 amide bonds. The second-order valence-corrected chi connectivity index (χ2v) is 1.91. The quantitative estimate of drug-likeness (QED) is 0.624. The summed E-state index contributed by atoms with van der Waals surface area (Å²) in [6, 6.07) is 0. The number of halogens is 3. The molecule has 0 aromatic heterocycles. The molecule has 1 atom stereocenters. The first-order valence-electron chi connectivity index (χ1n) is 2.23. The van der Waals surface area contributed by atoms with Gasteiger partial charge in [0.2, 0.25) is 0 Å². The molecule has 0 radical (unpaired) electrons. The maximum absolute atomic E-state index is 11.2. The third kappa shape index (κ3) is 5.99. The van der Waals surface area contributed by atoms with Crippen LogP contribution in [0.25, 0.3) is 0 Å². The van der Waals surface area contributed by atoms with Gasteiger partial charge in [-0.2, -0.15) is 13.0 Å². The van der Waals surface area contributed by atoms with Gasteiger partial charge < -0.3 is 0 Å². The second-order valence-electron chi connectivity index (χ2n) is 1.07. The van der Waals surface area contributed by atoms with Gasteiger partial charge >= 0.3 is 18.0 Å². The van der Waals surface area contributed by atoms with Crippen LogP contribution in [-0.2, 0) is 19.7 Å². The molecule has 10 heavy (non-hydrogen) atoms. The Balaban J connectivity index is 3.26. The summed E-state index contributed by atoms with van der Waals surface area (Å²) >= 11 is -2.54. The van der Waals surface area contributed by atoms with E-state index in [1.165, 1.54) is 0 Å². The Labute approximate surface area is 58.0 Å². The third-order valence-electron chi connectivity index (χ3n) is 0.408. The zero-order valence-corrected chi connectivity index (χ0v) is 5.57. The van der Waals surface area contributed by atoms with E-state index in [1.807, 2.05) is 0 Å². The van der Waals surface area contributed by atoms with Gasteiger partial charge in [-0.3, -0.25) is 4.18 Å². The predicted molar refractivity (Wildman–Crippen MR) is 27.2 cm³/mol. The molecular weight excluding hydrogens is 173 g/mol. The lowest BCUT2D eigenvalue weighted by Crippen LogP contribution is -2.08. The average molecular weight is 178 g/mol. The maximum Gasteiger partial charge on any atom is 0.358 e. The molecule has 0 bridgehead atoms. The molecule has 0 rings (SSSR count). The first-order valence-corrected chi connectivity index (χ1v) is 3.23. The molecule has 0 aromatic carbocycles. The Hall–Kier alpha value is -0.140. The van der Waals surface area contributed by atoms with Gasteiger partial charge in [0.05, 0.1) is 6.61 Å². The number of alkyl halides is 3. The lowest BCUT2D eigenvalue weighted by Gasteiger charge is -1.98. The summed E-state index contributed by atoms with van der Waals surface area (Å²) in [6.45, 7) is -4.57. The summed E-state index contributed by atoms with van der Waals surface area (Å²) in [6.07, 6.45) is 0. The molecule has 0 N–H and O–H groups in total. The van der Waals surface area contributed by atoms with Crippen LogP contribution in [0.2, 0.25) is 0 Å². The molecule has 0 aliphatic rings. The Bertz CT molecular complexity index is 109. The molecule has 62 valence electrons. The van der Waals surface area contributed by atoms with Gasteiger partial charge in [0, 0.05) is 0 Å². The summed E-state index contributed by atoms with van der Waals surface area (Å²) in [7, 11) is 0. The van der Waals surface area contributed by atoms with E-state index in [4.69, 9.17) is 0 Å². The van der Waals surface area contributed by atoms with Crippen LogP contribution in [0.3, 0.4) is 0 Å². The van der Waals surface area contributed by atoms with Crippen molar-refractivity contribution in [2.24, 2.45) is 0 Å². The molecule has 0 aliphatic carbocycles. The number of hydrogen-bond donors (Lipinski definition) is 0. The van der Waals surface area contributed by atoms with E-state index >= 15 is 0 Å². The lowest BCUT2D eigenvalue weighted by molar-refractivity contribution is -0.0483. The van der Waals surface area contributed by atoms with Crippen molar-refractivity contribution in [3.05, 3.63) is 0 Å². The molecule has 7 heteroatoms. The van der Waals surface area contributed by atoms with E-state index in [9.17, 15) is 17.4 Å². The van der Waals surface area contributed by atoms with Gasteiger partial charge in [0.25, 0.3) is 0 Å². The van der Waals surface area contributed by atoms with E-state index < -0.39 is 31.3 Å². The highest BCUT2D eigenvalue weighted by Gasteiger charge is 2.08. The van der Waals surface area contributed by atoms with E-state index in [0.717, 1.165) is 0 Å². The smallest absolute Gasteiger partial charge is 0.266 e. The molecule has 1 unspecified atom stereocenters. The van der Waals surface area contributed by atoms with Crippen LogP contribution in [0.5, 0.6) is 0 Å². The van der Waals surface area contributed by atoms with Crippen LogP contribution in [0.4, 0.5) is 13.2 Å². The minimum atomic E-state index is -3.17. The average Bonchev–Trinajstić information content (AvgIpc) is 1.82. The minimum absolute atomic E-state index is 0.515. The summed E-state index contributed by atoms with van der Waals surface area (Å²) in [5.41, 5.74) is 0. The fraction of sp³-hybridized carbons (Fsp3) is 1.00. The minimum Gasteiger partial charge on any atom is -0.266 e. The molecule has 0 heterocycles. The highest BCUT2D eigenvalue weighted by molar-refractivity contribution is 7.75. The van der Waals surface area contributed by atoms with Gasteiger partial charge in [-0.05, 0) is 0 Å². The van der Waals surface area contributed by atoms with E-state index in [-0.39, 0.29) is 0 Å². The number of rotatable bonds is 5. The van der Waals surface area contributed by atoms with Crippen molar-refractivity contribution in [1.29, 1.82) is 0 Å². The summed E-state index contributed by atoms with van der Waals surface area (Å²) in [4.78, 5) is 0. The fourth-order valence-corrected chi connectivity index (χ4v) is 0.560. The van der Waals surface area contributed by atoms with Crippen LogP contribution < -0.4 is 0 Å². The summed E-state index contributed by atoms with van der Waals surface area (Å²) < 4.78 is 50.7. The second kappa shape index (κ2) is 5.63. The van der Waals surface area contributed by atoms with E-state index in [0.29, 0.717) is 0 Å². The zero-order chi connectivity index (χ0) is 7.98. The molecule has 0 saturated heterocycles. The van der Waals surface area contributed by atoms with Crippen LogP contribution >= 0.6 is 0 Å². The summed E-state index contributed by atoms with van der Waals surface area (Å²) in [5, 5.41) is 0. The first kappa shape index (κ1) is 9.86. The largest absolute Gasteiger partial charge is 0.358 e. The monoisotopic (exact) mass is 178 g/mol. The van der Waals surface area contributed by atoms with Gasteiger partial charge in [-0.25, -0.2) is 8.57 Å². The van der Waals surface area contributed by atoms with Gasteiger partial charge in [-0.15, -0.1) is 0 Å². The Morgan fingerprint density at radius 1 is 1.50 bits per heavy atom. The lowest BCUT2D eigenvalue weighted by atomic mass is 10.9. The zero-order valence-electron chi connectivity index (χ0n) is 4.76. The Kier molecular flexibility index (Phi) is 5.55. The van der Waals surface area contributed by atoms with Gasteiger partial charge in [0.1, 0.15) is 6.67 Å². The number of hydrogen-bond acceptors (Lipinski definition) is 3. The maximum atomic E-state index is 11.2. The molecule has 3 nitrogen and oxygen atoms in total. The molecular formula is C3H5F3O3S. The van der Waals surface area contributed by atoms with E-state index in [2.05, 4.69) is 8.37 Å². The molecule has 0 saturated carbocycles. The van der Waals surface area contributed by atoms with E-state index in [1.54, 1.807) is 0 Å².